The normalized spacial score (nSPS) is 10.8. The minimum absolute atomic E-state index is 0.0537. The third-order valence-electron chi connectivity index (χ3n) is 2.09. The molecule has 0 aromatic heterocycles. The number of nitrogens with zero attached hydrogens (tertiary/aromatic N) is 1. The largest absolute Gasteiger partial charge is 0.478 e. The van der Waals surface area contributed by atoms with Crippen LogP contribution < -0.4 is 0 Å². The van der Waals surface area contributed by atoms with Gasteiger partial charge >= 0.3 is 5.97 Å². The lowest BCUT2D eigenvalue weighted by atomic mass is 10.1. The first-order chi connectivity index (χ1) is 7.94. The summed E-state index contributed by atoms with van der Waals surface area (Å²) in [7, 11) is -3.35. The molecule has 0 fully saturated rings. The SMILES string of the molecule is N#CCCS(=O)(=O)Cc1cccc(C(=O)O)c1. The third-order valence-corrected chi connectivity index (χ3v) is 3.68. The molecule has 0 saturated heterocycles. The van der Waals surface area contributed by atoms with Gasteiger partial charge in [0.2, 0.25) is 0 Å². The van der Waals surface area contributed by atoms with Crippen LogP contribution in [0.15, 0.2) is 24.3 Å². The second-order valence-electron chi connectivity index (χ2n) is 3.51. The Kier molecular flexibility index (Phi) is 4.24. The van der Waals surface area contributed by atoms with Crippen molar-refractivity contribution in [3.8, 4) is 6.07 Å². The minimum Gasteiger partial charge on any atom is -0.478 e. The molecule has 5 nitrogen and oxygen atoms in total. The Hall–Kier alpha value is -1.87. The van der Waals surface area contributed by atoms with Crippen LogP contribution in [0.1, 0.15) is 22.3 Å². The van der Waals surface area contributed by atoms with Crippen LogP contribution >= 0.6 is 0 Å². The maximum absolute atomic E-state index is 11.5. The van der Waals surface area contributed by atoms with Gasteiger partial charge in [0.15, 0.2) is 9.84 Å². The molecule has 90 valence electrons. The Labute approximate surface area is 99.2 Å². The standard InChI is InChI=1S/C11H11NO4S/c12-5-2-6-17(15,16)8-9-3-1-4-10(7-9)11(13)14/h1,3-4,7H,2,6,8H2,(H,13,14). The van der Waals surface area contributed by atoms with Crippen molar-refractivity contribution in [3.63, 3.8) is 0 Å². The van der Waals surface area contributed by atoms with Crippen LogP contribution in [0, 0.1) is 11.3 Å². The van der Waals surface area contributed by atoms with E-state index in [0.717, 1.165) is 0 Å². The molecule has 1 aromatic carbocycles. The van der Waals surface area contributed by atoms with Crippen LogP contribution in [0.5, 0.6) is 0 Å². The van der Waals surface area contributed by atoms with E-state index in [1.54, 1.807) is 12.1 Å². The van der Waals surface area contributed by atoms with Crippen molar-refractivity contribution in [3.05, 3.63) is 35.4 Å². The van der Waals surface area contributed by atoms with Crippen LogP contribution in [0.4, 0.5) is 0 Å². The van der Waals surface area contributed by atoms with Gasteiger partial charge in [-0.25, -0.2) is 13.2 Å². The van der Waals surface area contributed by atoms with Crippen molar-refractivity contribution < 1.29 is 18.3 Å². The molecule has 0 aliphatic rings. The maximum atomic E-state index is 11.5. The summed E-state index contributed by atoms with van der Waals surface area (Å²) in [5.74, 6) is -1.54. The van der Waals surface area contributed by atoms with Gasteiger partial charge in [-0.1, -0.05) is 12.1 Å². The lowest BCUT2D eigenvalue weighted by Crippen LogP contribution is -2.09. The topological polar surface area (TPSA) is 95.2 Å². The highest BCUT2D eigenvalue weighted by molar-refractivity contribution is 7.90. The van der Waals surface area contributed by atoms with Crippen molar-refractivity contribution >= 4 is 15.8 Å². The molecule has 1 rings (SSSR count). The highest BCUT2D eigenvalue weighted by Crippen LogP contribution is 2.10. The Bertz CT molecular complexity index is 557. The smallest absolute Gasteiger partial charge is 0.335 e. The van der Waals surface area contributed by atoms with Crippen molar-refractivity contribution in [2.75, 3.05) is 5.75 Å². The predicted octanol–water partition coefficient (Wildman–Crippen LogP) is 1.21. The van der Waals surface area contributed by atoms with Crippen LogP contribution in [0.2, 0.25) is 0 Å². The number of hydrogen-bond acceptors (Lipinski definition) is 4. The van der Waals surface area contributed by atoms with E-state index in [9.17, 15) is 13.2 Å². The number of nitriles is 1. The summed E-state index contributed by atoms with van der Waals surface area (Å²) in [6, 6.07) is 7.54. The highest BCUT2D eigenvalue weighted by Gasteiger charge is 2.12. The van der Waals surface area contributed by atoms with E-state index in [4.69, 9.17) is 10.4 Å². The van der Waals surface area contributed by atoms with Crippen molar-refractivity contribution in [2.24, 2.45) is 0 Å². The van der Waals surface area contributed by atoms with Gasteiger partial charge in [-0.2, -0.15) is 5.26 Å². The molecule has 17 heavy (non-hydrogen) atoms. The van der Waals surface area contributed by atoms with E-state index < -0.39 is 15.8 Å². The molecule has 0 heterocycles. The first-order valence-electron chi connectivity index (χ1n) is 4.84. The number of carbonyl (C=O) groups is 1. The molecule has 1 N–H and O–H groups in total. The van der Waals surface area contributed by atoms with Gasteiger partial charge < -0.3 is 5.11 Å². The summed E-state index contributed by atoms with van der Waals surface area (Å²) in [5.41, 5.74) is 0.473. The zero-order chi connectivity index (χ0) is 12.9. The molecular formula is C11H11NO4S. The molecule has 0 spiro atoms. The van der Waals surface area contributed by atoms with Crippen molar-refractivity contribution in [2.45, 2.75) is 12.2 Å². The molecule has 0 saturated carbocycles. The average Bonchev–Trinajstić information content (AvgIpc) is 2.26. The number of carboxylic acids is 1. The van der Waals surface area contributed by atoms with Crippen LogP contribution in [-0.2, 0) is 15.6 Å². The van der Waals surface area contributed by atoms with Gasteiger partial charge in [-0.15, -0.1) is 0 Å². The Morgan fingerprint density at radius 1 is 1.41 bits per heavy atom. The number of sulfone groups is 1. The Morgan fingerprint density at radius 3 is 2.71 bits per heavy atom. The van der Waals surface area contributed by atoms with Gasteiger partial charge in [0.05, 0.1) is 23.1 Å². The fourth-order valence-electron chi connectivity index (χ4n) is 1.32. The van der Waals surface area contributed by atoms with Gasteiger partial charge in [0.1, 0.15) is 0 Å². The lowest BCUT2D eigenvalue weighted by molar-refractivity contribution is 0.0696. The second-order valence-corrected chi connectivity index (χ2v) is 5.69. The summed E-state index contributed by atoms with van der Waals surface area (Å²) in [5, 5.41) is 17.1. The van der Waals surface area contributed by atoms with E-state index in [0.29, 0.717) is 5.56 Å². The van der Waals surface area contributed by atoms with E-state index in [1.165, 1.54) is 18.2 Å². The zero-order valence-corrected chi connectivity index (χ0v) is 9.77. The summed E-state index contributed by atoms with van der Waals surface area (Å²) in [6.45, 7) is 0. The highest BCUT2D eigenvalue weighted by atomic mass is 32.2. The van der Waals surface area contributed by atoms with E-state index in [2.05, 4.69) is 0 Å². The van der Waals surface area contributed by atoms with Gasteiger partial charge in [-0.3, -0.25) is 0 Å². The quantitative estimate of drug-likeness (QED) is 0.851. The monoisotopic (exact) mass is 253 g/mol. The molecule has 0 radical (unpaired) electrons. The first-order valence-corrected chi connectivity index (χ1v) is 6.66. The number of carboxylic acid groups (broad SMARTS) is 1. The molecular weight excluding hydrogens is 242 g/mol. The summed E-state index contributed by atoms with van der Waals surface area (Å²) >= 11 is 0. The number of benzene rings is 1. The molecule has 0 amide bonds. The van der Waals surface area contributed by atoms with Gasteiger partial charge in [0.25, 0.3) is 0 Å². The maximum Gasteiger partial charge on any atom is 0.335 e. The number of aromatic carboxylic acids is 1. The second kappa shape index (κ2) is 5.46. The molecule has 0 atom stereocenters. The van der Waals surface area contributed by atoms with E-state index in [1.807, 2.05) is 0 Å². The van der Waals surface area contributed by atoms with Crippen LogP contribution in [0.25, 0.3) is 0 Å². The Balaban J connectivity index is 2.85. The molecule has 0 bridgehead atoms. The Morgan fingerprint density at radius 2 is 2.12 bits per heavy atom. The summed E-state index contributed by atoms with van der Waals surface area (Å²) < 4.78 is 23.1. The average molecular weight is 253 g/mol. The third kappa shape index (κ3) is 4.25. The van der Waals surface area contributed by atoms with E-state index >= 15 is 0 Å². The zero-order valence-electron chi connectivity index (χ0n) is 8.96. The van der Waals surface area contributed by atoms with Gasteiger partial charge in [-0.05, 0) is 17.7 Å². The minimum atomic E-state index is -3.35. The molecule has 1 aromatic rings. The molecule has 6 heteroatoms. The fraction of sp³-hybridized carbons (Fsp3) is 0.273. The van der Waals surface area contributed by atoms with Gasteiger partial charge in [0, 0.05) is 6.42 Å². The van der Waals surface area contributed by atoms with Crippen LogP contribution in [-0.4, -0.2) is 25.2 Å². The number of rotatable bonds is 5. The summed E-state index contributed by atoms with van der Waals surface area (Å²) in [4.78, 5) is 10.7. The molecule has 0 aliphatic carbocycles. The lowest BCUT2D eigenvalue weighted by Gasteiger charge is -2.03. The van der Waals surface area contributed by atoms with E-state index in [-0.39, 0.29) is 23.5 Å². The van der Waals surface area contributed by atoms with Crippen molar-refractivity contribution in [1.29, 1.82) is 5.26 Å². The summed E-state index contributed by atoms with van der Waals surface area (Å²) in [6.07, 6.45) is -0.0546. The predicted molar refractivity (Wildman–Crippen MR) is 61.1 cm³/mol. The van der Waals surface area contributed by atoms with Crippen LogP contribution in [0.3, 0.4) is 0 Å². The number of hydrogen-bond donors (Lipinski definition) is 1. The fourth-order valence-corrected chi connectivity index (χ4v) is 2.56. The van der Waals surface area contributed by atoms with Crippen molar-refractivity contribution in [1.82, 2.24) is 0 Å². The first kappa shape index (κ1) is 13.2. The molecule has 0 unspecified atom stereocenters. The molecule has 0 aliphatic heterocycles.